The Kier molecular flexibility index (Phi) is 4.13. The number of benzene rings is 1. The minimum absolute atomic E-state index is 0.189. The molecule has 0 aliphatic carbocycles. The first-order chi connectivity index (χ1) is 12.6. The summed E-state index contributed by atoms with van der Waals surface area (Å²) in [4.78, 5) is 16.6. The molecule has 1 N–H and O–H groups in total. The van der Waals surface area contributed by atoms with E-state index in [4.69, 9.17) is 14.0 Å². The van der Waals surface area contributed by atoms with Gasteiger partial charge in [0.05, 0.1) is 17.8 Å². The van der Waals surface area contributed by atoms with Crippen LogP contribution in [0.4, 0.5) is 0 Å². The van der Waals surface area contributed by atoms with Gasteiger partial charge in [0.2, 0.25) is 5.82 Å². The van der Waals surface area contributed by atoms with Gasteiger partial charge < -0.3 is 19.3 Å². The lowest BCUT2D eigenvalue weighted by Crippen LogP contribution is -2.29. The van der Waals surface area contributed by atoms with Gasteiger partial charge in [-0.15, -0.1) is 0 Å². The van der Waals surface area contributed by atoms with Crippen molar-refractivity contribution in [3.05, 3.63) is 47.6 Å². The third kappa shape index (κ3) is 3.04. The molecule has 1 amide bonds. The highest BCUT2D eigenvalue weighted by atomic mass is 16.5. The van der Waals surface area contributed by atoms with Crippen molar-refractivity contribution in [1.29, 1.82) is 0 Å². The van der Waals surface area contributed by atoms with Crippen LogP contribution < -0.4 is 10.1 Å². The van der Waals surface area contributed by atoms with Gasteiger partial charge in [-0.25, -0.2) is 0 Å². The molecule has 4 rings (SSSR count). The molecule has 0 fully saturated rings. The van der Waals surface area contributed by atoms with Crippen LogP contribution in [0.3, 0.4) is 0 Å². The molecule has 0 bridgehead atoms. The average molecular weight is 355 g/mol. The summed E-state index contributed by atoms with van der Waals surface area (Å²) >= 11 is 0. The van der Waals surface area contributed by atoms with Crippen molar-refractivity contribution in [3.63, 3.8) is 0 Å². The van der Waals surface area contributed by atoms with E-state index in [1.54, 1.807) is 25.0 Å². The van der Waals surface area contributed by atoms with E-state index in [1.165, 1.54) is 6.20 Å². The number of amides is 1. The molecule has 0 saturated carbocycles. The Morgan fingerprint density at radius 2 is 2.35 bits per heavy atom. The summed E-state index contributed by atoms with van der Waals surface area (Å²) in [6, 6.07) is 5.39. The van der Waals surface area contributed by atoms with Crippen LogP contribution in [0.15, 0.2) is 35.1 Å². The number of nitrogens with zero attached hydrogens (tertiary/aromatic N) is 4. The number of fused-ring (bicyclic) bond motifs is 1. The predicted octanol–water partition coefficient (Wildman–Crippen LogP) is 1.48. The van der Waals surface area contributed by atoms with E-state index in [0.717, 1.165) is 11.1 Å². The van der Waals surface area contributed by atoms with Gasteiger partial charge in [-0.3, -0.25) is 9.48 Å². The first-order valence-electron chi connectivity index (χ1n) is 8.02. The zero-order valence-electron chi connectivity index (χ0n) is 14.3. The molecule has 1 aliphatic heterocycles. The minimum atomic E-state index is -0.221. The minimum Gasteiger partial charge on any atom is -0.491 e. The van der Waals surface area contributed by atoms with Crippen molar-refractivity contribution in [1.82, 2.24) is 25.2 Å². The maximum Gasteiger partial charge on any atom is 0.255 e. The maximum absolute atomic E-state index is 12.3. The van der Waals surface area contributed by atoms with Gasteiger partial charge in [0.15, 0.2) is 0 Å². The highest BCUT2D eigenvalue weighted by molar-refractivity contribution is 5.94. The van der Waals surface area contributed by atoms with Crippen LogP contribution in [-0.4, -0.2) is 39.5 Å². The molecule has 3 heterocycles. The number of aryl methyl sites for hydroxylation is 1. The largest absolute Gasteiger partial charge is 0.491 e. The number of methoxy groups -OCH3 is 1. The highest BCUT2D eigenvalue weighted by Gasteiger charge is 2.27. The number of hydrogen-bond donors (Lipinski definition) is 1. The van der Waals surface area contributed by atoms with Gasteiger partial charge in [-0.1, -0.05) is 17.3 Å². The van der Waals surface area contributed by atoms with Crippen LogP contribution in [0.1, 0.15) is 27.9 Å². The summed E-state index contributed by atoms with van der Waals surface area (Å²) in [5, 5.41) is 10.9. The number of carbonyl (C=O) groups is 1. The standard InChI is InChI=1S/C17H17N5O4/c1-22-7-11(6-18-22)17(23)19-13-8-25-14-5-10(3-4-12(13)14)16-20-15(9-24-2)26-21-16/h3-7,13H,8-9H2,1-2H3,(H,19,23)/t13-/m1/s1. The number of hydrogen-bond acceptors (Lipinski definition) is 7. The first-order valence-corrected chi connectivity index (χ1v) is 8.02. The molecular weight excluding hydrogens is 338 g/mol. The number of nitrogens with one attached hydrogen (secondary N) is 1. The molecular formula is C17H17N5O4. The Balaban J connectivity index is 1.51. The summed E-state index contributed by atoms with van der Waals surface area (Å²) in [6.45, 7) is 0.628. The molecule has 0 saturated heterocycles. The molecule has 1 atom stereocenters. The van der Waals surface area contributed by atoms with Gasteiger partial charge in [0.1, 0.15) is 19.0 Å². The fourth-order valence-corrected chi connectivity index (χ4v) is 2.80. The molecule has 9 heteroatoms. The molecule has 1 aromatic carbocycles. The number of aromatic nitrogens is 4. The lowest BCUT2D eigenvalue weighted by molar-refractivity contribution is 0.0930. The van der Waals surface area contributed by atoms with Gasteiger partial charge in [0.25, 0.3) is 11.8 Å². The molecule has 0 unspecified atom stereocenters. The van der Waals surface area contributed by atoms with Crippen molar-refractivity contribution < 1.29 is 18.8 Å². The fourth-order valence-electron chi connectivity index (χ4n) is 2.80. The lowest BCUT2D eigenvalue weighted by atomic mass is 10.1. The Hall–Kier alpha value is -3.20. The summed E-state index contributed by atoms with van der Waals surface area (Å²) in [5.74, 6) is 1.37. The molecule has 0 spiro atoms. The van der Waals surface area contributed by atoms with Crippen molar-refractivity contribution in [2.75, 3.05) is 13.7 Å². The average Bonchev–Trinajstić information content (AvgIpc) is 3.35. The van der Waals surface area contributed by atoms with Crippen LogP contribution in [0.25, 0.3) is 11.4 Å². The lowest BCUT2D eigenvalue weighted by Gasteiger charge is -2.10. The van der Waals surface area contributed by atoms with Crippen molar-refractivity contribution >= 4 is 5.91 Å². The SMILES string of the molecule is COCc1nc(-c2ccc3c(c2)OC[C@H]3NC(=O)c2cnn(C)c2)no1. The number of carbonyl (C=O) groups excluding carboxylic acids is 1. The van der Waals surface area contributed by atoms with Crippen LogP contribution in [-0.2, 0) is 18.4 Å². The van der Waals surface area contributed by atoms with Gasteiger partial charge in [-0.2, -0.15) is 10.1 Å². The second kappa shape index (κ2) is 6.60. The third-order valence-corrected chi connectivity index (χ3v) is 4.06. The topological polar surface area (TPSA) is 104 Å². The summed E-state index contributed by atoms with van der Waals surface area (Å²) in [5.41, 5.74) is 2.19. The predicted molar refractivity (Wildman–Crippen MR) is 89.4 cm³/mol. The zero-order chi connectivity index (χ0) is 18.1. The zero-order valence-corrected chi connectivity index (χ0v) is 14.3. The molecule has 0 radical (unpaired) electrons. The van der Waals surface area contributed by atoms with E-state index in [-0.39, 0.29) is 18.6 Å². The highest BCUT2D eigenvalue weighted by Crippen LogP contribution is 2.35. The molecule has 9 nitrogen and oxygen atoms in total. The normalized spacial score (nSPS) is 15.5. The Morgan fingerprint density at radius 1 is 1.46 bits per heavy atom. The molecule has 3 aromatic rings. The quantitative estimate of drug-likeness (QED) is 0.739. The molecule has 134 valence electrons. The van der Waals surface area contributed by atoms with Gasteiger partial charge in [0, 0.05) is 31.5 Å². The van der Waals surface area contributed by atoms with Crippen LogP contribution >= 0.6 is 0 Å². The number of ether oxygens (including phenoxy) is 2. The molecule has 1 aliphatic rings. The first kappa shape index (κ1) is 16.3. The smallest absolute Gasteiger partial charge is 0.255 e. The maximum atomic E-state index is 12.3. The monoisotopic (exact) mass is 355 g/mol. The molecule has 26 heavy (non-hydrogen) atoms. The fraction of sp³-hybridized carbons (Fsp3) is 0.294. The van der Waals surface area contributed by atoms with Crippen molar-refractivity contribution in [2.24, 2.45) is 7.05 Å². The Labute approximate surface area is 148 Å². The third-order valence-electron chi connectivity index (χ3n) is 4.06. The summed E-state index contributed by atoms with van der Waals surface area (Å²) < 4.78 is 17.4. The van der Waals surface area contributed by atoms with Crippen LogP contribution in [0.2, 0.25) is 0 Å². The molecule has 2 aromatic heterocycles. The van der Waals surface area contributed by atoms with E-state index in [1.807, 2.05) is 18.2 Å². The van der Waals surface area contributed by atoms with E-state index in [0.29, 0.717) is 29.6 Å². The van der Waals surface area contributed by atoms with Crippen molar-refractivity contribution in [3.8, 4) is 17.1 Å². The van der Waals surface area contributed by atoms with E-state index in [2.05, 4.69) is 20.6 Å². The van der Waals surface area contributed by atoms with Crippen LogP contribution in [0, 0.1) is 0 Å². The number of rotatable bonds is 5. The second-order valence-electron chi connectivity index (χ2n) is 5.94. The van der Waals surface area contributed by atoms with E-state index in [9.17, 15) is 4.79 Å². The summed E-state index contributed by atoms with van der Waals surface area (Å²) in [6.07, 6.45) is 3.20. The Bertz CT molecular complexity index is 948. The Morgan fingerprint density at radius 3 is 3.12 bits per heavy atom. The van der Waals surface area contributed by atoms with Gasteiger partial charge >= 0.3 is 0 Å². The van der Waals surface area contributed by atoms with Crippen molar-refractivity contribution in [2.45, 2.75) is 12.6 Å². The second-order valence-corrected chi connectivity index (χ2v) is 5.94. The van der Waals surface area contributed by atoms with Gasteiger partial charge in [-0.05, 0) is 6.07 Å². The summed E-state index contributed by atoms with van der Waals surface area (Å²) in [7, 11) is 3.33. The van der Waals surface area contributed by atoms with E-state index >= 15 is 0 Å². The van der Waals surface area contributed by atoms with Crippen LogP contribution in [0.5, 0.6) is 5.75 Å². The van der Waals surface area contributed by atoms with E-state index < -0.39 is 0 Å².